The third-order valence-electron chi connectivity index (χ3n) is 4.22. The Morgan fingerprint density at radius 3 is 1.97 bits per heavy atom. The molecule has 184 valence electrons. The average molecular weight is 490 g/mol. The molecule has 2 aromatic rings. The maximum atomic E-state index is 12.8. The lowest BCUT2D eigenvalue weighted by Crippen LogP contribution is -2.12. The largest absolute Gasteiger partial charge is 0.461 e. The summed E-state index contributed by atoms with van der Waals surface area (Å²) in [5.41, 5.74) is 0.458. The maximum Gasteiger partial charge on any atom is 0.335 e. The zero-order chi connectivity index (χ0) is 26.7. The zero-order valence-electron chi connectivity index (χ0n) is 19.0. The summed E-state index contributed by atoms with van der Waals surface area (Å²) in [5.74, 6) is -2.90. The van der Waals surface area contributed by atoms with E-state index >= 15 is 0 Å². The smallest absolute Gasteiger partial charge is 0.335 e. The van der Waals surface area contributed by atoms with Crippen LogP contribution in [-0.4, -0.2) is 35.1 Å². The van der Waals surface area contributed by atoms with Gasteiger partial charge >= 0.3 is 17.9 Å². The first-order valence-corrected chi connectivity index (χ1v) is 10.2. The Morgan fingerprint density at radius 2 is 1.36 bits per heavy atom. The molecule has 1 N–H and O–H groups in total. The van der Waals surface area contributed by atoms with E-state index in [4.69, 9.17) is 18.9 Å². The monoisotopic (exact) mass is 490 g/mol. The van der Waals surface area contributed by atoms with E-state index in [1.54, 1.807) is 0 Å². The molecule has 0 spiro atoms. The molecule has 36 heavy (non-hydrogen) atoms. The van der Waals surface area contributed by atoms with Crippen molar-refractivity contribution in [3.05, 3.63) is 104 Å². The van der Waals surface area contributed by atoms with Crippen molar-refractivity contribution < 1.29 is 43.2 Å². The Kier molecular flexibility index (Phi) is 9.84. The second kappa shape index (κ2) is 13.0. The van der Waals surface area contributed by atoms with Gasteiger partial charge in [-0.2, -0.15) is 0 Å². The molecule has 0 aliphatic rings. The summed E-state index contributed by atoms with van der Waals surface area (Å²) in [6.07, 6.45) is 5.17. The molecule has 2 rings (SSSR count). The summed E-state index contributed by atoms with van der Waals surface area (Å²) < 4.78 is 20.5. The molecule has 0 radical (unpaired) electrons. The average Bonchev–Trinajstić information content (AvgIpc) is 2.88. The van der Waals surface area contributed by atoms with Crippen LogP contribution in [0.25, 0.3) is 6.08 Å². The summed E-state index contributed by atoms with van der Waals surface area (Å²) in [5, 5.41) is 9.79. The maximum absolute atomic E-state index is 12.8. The predicted octanol–water partition coefficient (Wildman–Crippen LogP) is 3.74. The Labute approximate surface area is 206 Å². The molecule has 1 atom stereocenters. The van der Waals surface area contributed by atoms with Crippen molar-refractivity contribution in [2.75, 3.05) is 0 Å². The molecule has 0 saturated carbocycles. The van der Waals surface area contributed by atoms with Crippen molar-refractivity contribution in [3.63, 3.8) is 0 Å². The number of ketones is 1. The van der Waals surface area contributed by atoms with Gasteiger partial charge in [-0.3, -0.25) is 4.79 Å². The number of rotatable bonds is 12. The molecule has 9 nitrogen and oxygen atoms in total. The minimum atomic E-state index is -1.37. The fourth-order valence-electron chi connectivity index (χ4n) is 2.54. The van der Waals surface area contributed by atoms with Crippen LogP contribution in [0, 0.1) is 0 Å². The highest BCUT2D eigenvalue weighted by molar-refractivity contribution is 6.07. The fraction of sp³-hybridized carbons (Fsp3) is 0.0370. The van der Waals surface area contributed by atoms with Crippen LogP contribution in [-0.2, 0) is 14.4 Å². The van der Waals surface area contributed by atoms with Crippen molar-refractivity contribution in [2.45, 2.75) is 6.29 Å². The van der Waals surface area contributed by atoms with E-state index in [-0.39, 0.29) is 28.6 Å². The van der Waals surface area contributed by atoms with Crippen LogP contribution in [0.3, 0.4) is 0 Å². The molecule has 9 heteroatoms. The third kappa shape index (κ3) is 7.79. The van der Waals surface area contributed by atoms with Crippen molar-refractivity contribution in [1.29, 1.82) is 0 Å². The number of benzene rings is 2. The van der Waals surface area contributed by atoms with Crippen molar-refractivity contribution >= 4 is 29.8 Å². The Hall–Kier alpha value is -5.02. The standard InChI is InChI=1S/C27H22O9/c1-5-24(29)33-19-12-9-17(22(16-19)35-26(31)7-3)10-13-20(28)18-11-14-21(34-25(30)6-2)23(15-18)36-27(32)8-4/h5-16,26,31H,1-4H2/b13-10+. The normalized spacial score (nSPS) is 11.0. The topological polar surface area (TPSA) is 125 Å². The van der Waals surface area contributed by atoms with E-state index in [0.717, 1.165) is 24.3 Å². The lowest BCUT2D eigenvalue weighted by Gasteiger charge is -2.13. The summed E-state index contributed by atoms with van der Waals surface area (Å²) in [6.45, 7) is 13.3. The lowest BCUT2D eigenvalue weighted by molar-refractivity contribution is -0.131. The number of hydrogen-bond acceptors (Lipinski definition) is 9. The number of aliphatic hydroxyl groups is 1. The molecule has 0 saturated heterocycles. The van der Waals surface area contributed by atoms with Gasteiger partial charge in [-0.25, -0.2) is 14.4 Å². The first-order valence-electron chi connectivity index (χ1n) is 10.2. The van der Waals surface area contributed by atoms with Gasteiger partial charge in [0.25, 0.3) is 0 Å². The molecule has 0 amide bonds. The first kappa shape index (κ1) is 27.2. The SMILES string of the molecule is C=CC(=O)Oc1ccc(/C=C/C(=O)c2ccc(OC(=O)C=C)c(OC(=O)C=C)c2)c(OC(O)C=C)c1. The van der Waals surface area contributed by atoms with Crippen LogP contribution in [0.4, 0.5) is 0 Å². The van der Waals surface area contributed by atoms with Gasteiger partial charge < -0.3 is 24.1 Å². The van der Waals surface area contributed by atoms with E-state index in [0.29, 0.717) is 5.56 Å². The van der Waals surface area contributed by atoms with Gasteiger partial charge in [0.1, 0.15) is 11.5 Å². The minimum absolute atomic E-state index is 0.0908. The van der Waals surface area contributed by atoms with E-state index in [1.807, 2.05) is 0 Å². The van der Waals surface area contributed by atoms with Crippen LogP contribution < -0.4 is 18.9 Å². The van der Waals surface area contributed by atoms with E-state index in [2.05, 4.69) is 26.3 Å². The number of carbonyl (C=O) groups excluding carboxylic acids is 4. The number of carbonyl (C=O) groups is 4. The highest BCUT2D eigenvalue weighted by atomic mass is 16.6. The van der Waals surface area contributed by atoms with Crippen LogP contribution >= 0.6 is 0 Å². The van der Waals surface area contributed by atoms with E-state index in [1.165, 1.54) is 48.6 Å². The molecule has 0 aliphatic heterocycles. The molecule has 0 aromatic heterocycles. The number of hydrogen-bond donors (Lipinski definition) is 1. The van der Waals surface area contributed by atoms with Crippen molar-refractivity contribution in [2.24, 2.45) is 0 Å². The summed E-state index contributed by atoms with van der Waals surface area (Å²) in [7, 11) is 0. The highest BCUT2D eigenvalue weighted by Crippen LogP contribution is 2.30. The molecule has 2 aromatic carbocycles. The molecule has 0 aliphatic carbocycles. The molecule has 0 heterocycles. The Morgan fingerprint density at radius 1 is 0.750 bits per heavy atom. The second-order valence-corrected chi connectivity index (χ2v) is 6.68. The Bertz CT molecular complexity index is 1250. The van der Waals surface area contributed by atoms with Gasteiger partial charge in [-0.15, -0.1) is 0 Å². The van der Waals surface area contributed by atoms with Gasteiger partial charge in [0, 0.05) is 35.4 Å². The van der Waals surface area contributed by atoms with Gasteiger partial charge in [-0.1, -0.05) is 26.3 Å². The molecule has 0 fully saturated rings. The van der Waals surface area contributed by atoms with Crippen molar-refractivity contribution in [3.8, 4) is 23.0 Å². The number of esters is 3. The van der Waals surface area contributed by atoms with Gasteiger partial charge in [0.2, 0.25) is 6.29 Å². The minimum Gasteiger partial charge on any atom is -0.461 e. The van der Waals surface area contributed by atoms with Crippen molar-refractivity contribution in [1.82, 2.24) is 0 Å². The third-order valence-corrected chi connectivity index (χ3v) is 4.22. The first-order chi connectivity index (χ1) is 17.2. The predicted molar refractivity (Wildman–Crippen MR) is 131 cm³/mol. The Balaban J connectivity index is 2.38. The molecular formula is C27H22O9. The fourth-order valence-corrected chi connectivity index (χ4v) is 2.54. The molecule has 1 unspecified atom stereocenters. The number of ether oxygens (including phenoxy) is 4. The van der Waals surface area contributed by atoms with Gasteiger partial charge in [-0.05, 0) is 48.6 Å². The second-order valence-electron chi connectivity index (χ2n) is 6.68. The quantitative estimate of drug-likeness (QED) is 0.118. The van der Waals surface area contributed by atoms with Crippen LogP contribution in [0.1, 0.15) is 15.9 Å². The van der Waals surface area contributed by atoms with Gasteiger partial charge in [0.05, 0.1) is 0 Å². The summed E-state index contributed by atoms with van der Waals surface area (Å²) in [6, 6.07) is 8.15. The van der Waals surface area contributed by atoms with E-state index < -0.39 is 30.0 Å². The van der Waals surface area contributed by atoms with Crippen LogP contribution in [0.5, 0.6) is 23.0 Å². The molecule has 0 bridgehead atoms. The molecular weight excluding hydrogens is 468 g/mol. The zero-order valence-corrected chi connectivity index (χ0v) is 19.0. The summed E-state index contributed by atoms with van der Waals surface area (Å²) in [4.78, 5) is 47.5. The van der Waals surface area contributed by atoms with E-state index in [9.17, 15) is 24.3 Å². The van der Waals surface area contributed by atoms with Crippen LogP contribution in [0.2, 0.25) is 0 Å². The van der Waals surface area contributed by atoms with Gasteiger partial charge in [0.15, 0.2) is 17.3 Å². The van der Waals surface area contributed by atoms with Crippen LogP contribution in [0.15, 0.2) is 93.1 Å². The summed E-state index contributed by atoms with van der Waals surface area (Å²) >= 11 is 0. The highest BCUT2D eigenvalue weighted by Gasteiger charge is 2.15. The lowest BCUT2D eigenvalue weighted by atomic mass is 10.1. The number of aliphatic hydroxyl groups excluding tert-OH is 1. The number of allylic oxidation sites excluding steroid dienone is 1.